The Bertz CT molecular complexity index is 555. The summed E-state index contributed by atoms with van der Waals surface area (Å²) in [5, 5.41) is 0. The summed E-state index contributed by atoms with van der Waals surface area (Å²) in [5.74, 6) is 0.221. The van der Waals surface area contributed by atoms with Gasteiger partial charge in [-0.15, -0.1) is 0 Å². The number of allylic oxidation sites excluding steroid dienone is 1. The van der Waals surface area contributed by atoms with Crippen molar-refractivity contribution in [3.05, 3.63) is 77.9 Å². The lowest BCUT2D eigenvalue weighted by Crippen LogP contribution is -1.97. The molecule has 2 aromatic carbocycles. The van der Waals surface area contributed by atoms with Crippen LogP contribution in [0.2, 0.25) is 0 Å². The molecule has 1 heteroatoms. The van der Waals surface area contributed by atoms with Crippen molar-refractivity contribution in [2.24, 2.45) is 0 Å². The van der Waals surface area contributed by atoms with Crippen LogP contribution in [0.15, 0.2) is 66.7 Å². The third kappa shape index (κ3) is 5.00. The van der Waals surface area contributed by atoms with Gasteiger partial charge in [-0.3, -0.25) is 4.79 Å². The average molecular weight is 292 g/mol. The van der Waals surface area contributed by atoms with Gasteiger partial charge in [0, 0.05) is 6.42 Å². The van der Waals surface area contributed by atoms with Crippen LogP contribution in [0.25, 0.3) is 5.57 Å². The molecule has 114 valence electrons. The molecule has 1 nitrogen and oxygen atoms in total. The summed E-state index contributed by atoms with van der Waals surface area (Å²) < 4.78 is 0. The minimum Gasteiger partial charge on any atom is -0.295 e. The summed E-state index contributed by atoms with van der Waals surface area (Å²) in [7, 11) is 0. The monoisotopic (exact) mass is 292 g/mol. The Balaban J connectivity index is 2.18. The number of ketones is 1. The smallest absolute Gasteiger partial charge is 0.156 e. The summed E-state index contributed by atoms with van der Waals surface area (Å²) >= 11 is 0. The molecule has 0 fully saturated rings. The molecule has 0 saturated heterocycles. The Morgan fingerprint density at radius 3 is 1.86 bits per heavy atom. The fourth-order valence-electron chi connectivity index (χ4n) is 2.53. The van der Waals surface area contributed by atoms with Crippen LogP contribution in [-0.4, -0.2) is 5.78 Å². The van der Waals surface area contributed by atoms with Crippen LogP contribution in [0.4, 0.5) is 0 Å². The van der Waals surface area contributed by atoms with Gasteiger partial charge in [0.15, 0.2) is 5.78 Å². The molecule has 0 aliphatic carbocycles. The van der Waals surface area contributed by atoms with E-state index in [1.807, 2.05) is 42.5 Å². The fraction of sp³-hybridized carbons (Fsp3) is 0.286. The zero-order valence-corrected chi connectivity index (χ0v) is 13.3. The minimum absolute atomic E-state index is 0.221. The molecule has 2 rings (SSSR count). The van der Waals surface area contributed by atoms with Gasteiger partial charge < -0.3 is 0 Å². The van der Waals surface area contributed by atoms with Crippen molar-refractivity contribution in [1.29, 1.82) is 0 Å². The van der Waals surface area contributed by atoms with E-state index in [4.69, 9.17) is 0 Å². The Morgan fingerprint density at radius 2 is 1.36 bits per heavy atom. The van der Waals surface area contributed by atoms with Gasteiger partial charge >= 0.3 is 0 Å². The molecule has 0 heterocycles. The first-order valence-electron chi connectivity index (χ1n) is 8.16. The summed E-state index contributed by atoms with van der Waals surface area (Å²) in [6, 6.07) is 20.3. The molecule has 0 saturated carbocycles. The molecule has 0 radical (unpaired) electrons. The van der Waals surface area contributed by atoms with Crippen LogP contribution in [0.3, 0.4) is 0 Å². The molecular formula is C21H24O. The number of unbranched alkanes of at least 4 members (excludes halogenated alkanes) is 3. The highest BCUT2D eigenvalue weighted by Gasteiger charge is 2.07. The third-order valence-corrected chi connectivity index (χ3v) is 3.75. The molecular weight excluding hydrogens is 268 g/mol. The first kappa shape index (κ1) is 16.2. The zero-order chi connectivity index (χ0) is 15.6. The molecule has 22 heavy (non-hydrogen) atoms. The Kier molecular flexibility index (Phi) is 6.63. The minimum atomic E-state index is 0.221. The number of hydrogen-bond donors (Lipinski definition) is 0. The standard InChI is InChI=1S/C21H24O/c1-2-3-4-11-16-20(22)17-21(18-12-7-5-8-13-18)19-14-9-6-10-15-19/h5-10,12-15,17H,2-4,11,16H2,1H3. The Morgan fingerprint density at radius 1 is 0.818 bits per heavy atom. The second-order valence-electron chi connectivity index (χ2n) is 5.57. The molecule has 0 aliphatic heterocycles. The van der Waals surface area contributed by atoms with Crippen molar-refractivity contribution in [2.45, 2.75) is 39.0 Å². The van der Waals surface area contributed by atoms with Gasteiger partial charge in [-0.1, -0.05) is 86.8 Å². The van der Waals surface area contributed by atoms with E-state index in [1.165, 1.54) is 12.8 Å². The van der Waals surface area contributed by atoms with Crippen molar-refractivity contribution < 1.29 is 4.79 Å². The van der Waals surface area contributed by atoms with Crippen LogP contribution in [0, 0.1) is 0 Å². The number of benzene rings is 2. The number of hydrogen-bond acceptors (Lipinski definition) is 1. The molecule has 0 aromatic heterocycles. The average Bonchev–Trinajstić information content (AvgIpc) is 2.58. The molecule has 0 bridgehead atoms. The van der Waals surface area contributed by atoms with E-state index >= 15 is 0 Å². The van der Waals surface area contributed by atoms with E-state index in [9.17, 15) is 4.79 Å². The molecule has 0 N–H and O–H groups in total. The molecule has 0 atom stereocenters. The highest BCUT2D eigenvalue weighted by atomic mass is 16.1. The third-order valence-electron chi connectivity index (χ3n) is 3.75. The van der Waals surface area contributed by atoms with Crippen molar-refractivity contribution in [2.75, 3.05) is 0 Å². The van der Waals surface area contributed by atoms with Gasteiger partial charge in [-0.25, -0.2) is 0 Å². The largest absolute Gasteiger partial charge is 0.295 e. The van der Waals surface area contributed by atoms with E-state index < -0.39 is 0 Å². The number of rotatable bonds is 8. The Labute approximate surface area is 133 Å². The highest BCUT2D eigenvalue weighted by molar-refractivity contribution is 6.00. The predicted octanol–water partition coefficient (Wildman–Crippen LogP) is 5.66. The van der Waals surface area contributed by atoms with Gasteiger partial charge in [0.05, 0.1) is 0 Å². The summed E-state index contributed by atoms with van der Waals surface area (Å²) in [4.78, 5) is 12.3. The molecule has 0 amide bonds. The second kappa shape index (κ2) is 8.99. The summed E-state index contributed by atoms with van der Waals surface area (Å²) in [5.41, 5.74) is 3.20. The first-order valence-corrected chi connectivity index (χ1v) is 8.16. The lowest BCUT2D eigenvalue weighted by atomic mass is 9.96. The molecule has 0 spiro atoms. The van der Waals surface area contributed by atoms with Crippen LogP contribution in [-0.2, 0) is 4.79 Å². The molecule has 2 aromatic rings. The molecule has 0 unspecified atom stereocenters. The van der Waals surface area contributed by atoms with Crippen molar-refractivity contribution in [3.8, 4) is 0 Å². The number of carbonyl (C=O) groups is 1. The van der Waals surface area contributed by atoms with Gasteiger partial charge in [0.1, 0.15) is 0 Å². The second-order valence-corrected chi connectivity index (χ2v) is 5.57. The van der Waals surface area contributed by atoms with Crippen LogP contribution in [0.1, 0.15) is 50.2 Å². The van der Waals surface area contributed by atoms with Gasteiger partial charge in [0.25, 0.3) is 0 Å². The maximum Gasteiger partial charge on any atom is 0.156 e. The van der Waals surface area contributed by atoms with Gasteiger partial charge in [-0.05, 0) is 29.2 Å². The fourth-order valence-corrected chi connectivity index (χ4v) is 2.53. The van der Waals surface area contributed by atoms with E-state index in [0.717, 1.165) is 29.5 Å². The van der Waals surface area contributed by atoms with E-state index in [0.29, 0.717) is 6.42 Å². The van der Waals surface area contributed by atoms with Crippen LogP contribution < -0.4 is 0 Å². The van der Waals surface area contributed by atoms with Gasteiger partial charge in [0.2, 0.25) is 0 Å². The van der Waals surface area contributed by atoms with Crippen molar-refractivity contribution in [3.63, 3.8) is 0 Å². The van der Waals surface area contributed by atoms with Crippen LogP contribution >= 0.6 is 0 Å². The van der Waals surface area contributed by atoms with E-state index in [-0.39, 0.29) is 5.78 Å². The van der Waals surface area contributed by atoms with Gasteiger partial charge in [-0.2, -0.15) is 0 Å². The number of carbonyl (C=O) groups excluding carboxylic acids is 1. The maximum absolute atomic E-state index is 12.3. The quantitative estimate of drug-likeness (QED) is 0.453. The summed E-state index contributed by atoms with van der Waals surface area (Å²) in [6.07, 6.45) is 6.99. The lowest BCUT2D eigenvalue weighted by molar-refractivity contribution is -0.114. The normalized spacial score (nSPS) is 10.2. The first-order chi connectivity index (χ1) is 10.8. The SMILES string of the molecule is CCCCCCC(=O)C=C(c1ccccc1)c1ccccc1. The van der Waals surface area contributed by atoms with Crippen molar-refractivity contribution >= 4 is 11.4 Å². The van der Waals surface area contributed by atoms with Crippen LogP contribution in [0.5, 0.6) is 0 Å². The molecule has 0 aliphatic rings. The predicted molar refractivity (Wildman–Crippen MR) is 93.7 cm³/mol. The topological polar surface area (TPSA) is 17.1 Å². The lowest BCUT2D eigenvalue weighted by Gasteiger charge is -2.08. The van der Waals surface area contributed by atoms with Crippen molar-refractivity contribution in [1.82, 2.24) is 0 Å². The Hall–Kier alpha value is -2.15. The highest BCUT2D eigenvalue weighted by Crippen LogP contribution is 2.23. The van der Waals surface area contributed by atoms with E-state index in [2.05, 4.69) is 31.2 Å². The zero-order valence-electron chi connectivity index (χ0n) is 13.3. The van der Waals surface area contributed by atoms with E-state index in [1.54, 1.807) is 0 Å². The summed E-state index contributed by atoms with van der Waals surface area (Å²) in [6.45, 7) is 2.19. The maximum atomic E-state index is 12.3.